The highest BCUT2D eigenvalue weighted by molar-refractivity contribution is 5.81. The maximum Gasteiger partial charge on any atom is 0.332 e. The average molecular weight is 257 g/mol. The van der Waals surface area contributed by atoms with Crippen LogP contribution in [0, 0.1) is 0 Å². The molecule has 9 nitrogen and oxygen atoms in total. The molecule has 0 aromatic carbocycles. The highest BCUT2D eigenvalue weighted by Crippen LogP contribution is 1.87. The fourth-order valence-electron chi connectivity index (χ4n) is 0.618. The number of rotatable bonds is 3. The van der Waals surface area contributed by atoms with Gasteiger partial charge in [0.15, 0.2) is 0 Å². The lowest BCUT2D eigenvalue weighted by atomic mass is 10.6. The Balaban J connectivity index is 0.000000321. The van der Waals surface area contributed by atoms with E-state index < -0.39 is 29.3 Å². The summed E-state index contributed by atoms with van der Waals surface area (Å²) in [6, 6.07) is 0. The van der Waals surface area contributed by atoms with Gasteiger partial charge in [-0.15, -0.1) is 0 Å². The summed E-state index contributed by atoms with van der Waals surface area (Å²) in [5, 5.41) is 8.55. The molecule has 18 heavy (non-hydrogen) atoms. The van der Waals surface area contributed by atoms with E-state index in [4.69, 9.17) is 5.11 Å². The highest BCUT2D eigenvalue weighted by atomic mass is 16.6. The van der Waals surface area contributed by atoms with Gasteiger partial charge in [-0.3, -0.25) is 15.0 Å². The fourth-order valence-corrected chi connectivity index (χ4v) is 0.618. The average Bonchev–Trinajstić information content (AvgIpc) is 2.27. The summed E-state index contributed by atoms with van der Waals surface area (Å²) < 4.78 is 4.23. The maximum absolute atomic E-state index is 10.2. The number of nitrogens with one attached hydrogen (secondary N) is 3. The van der Waals surface area contributed by atoms with Gasteiger partial charge in [0.05, 0.1) is 0 Å². The molecule has 1 aromatic rings. The first kappa shape index (κ1) is 15.3. The minimum Gasteiger partial charge on any atom is -0.429 e. The van der Waals surface area contributed by atoms with Crippen molar-refractivity contribution in [2.45, 2.75) is 6.29 Å². The number of aliphatic hydroxyl groups is 1. The Morgan fingerprint density at radius 2 is 1.50 bits per heavy atom. The normalized spacial score (nSPS) is 10.5. The summed E-state index contributed by atoms with van der Waals surface area (Å²) in [6.45, 7) is 6.31. The molecule has 0 fully saturated rings. The molecular formula is C9H11N3O6. The van der Waals surface area contributed by atoms with Crippen LogP contribution >= 0.6 is 0 Å². The summed E-state index contributed by atoms with van der Waals surface area (Å²) in [7, 11) is 0. The molecule has 98 valence electrons. The van der Waals surface area contributed by atoms with Crippen molar-refractivity contribution >= 4 is 5.97 Å². The zero-order valence-electron chi connectivity index (χ0n) is 9.13. The van der Waals surface area contributed by atoms with Crippen molar-refractivity contribution in [3.63, 3.8) is 0 Å². The molecule has 1 unspecified atom stereocenters. The predicted molar refractivity (Wildman–Crippen MR) is 60.8 cm³/mol. The molecule has 0 saturated carbocycles. The Kier molecular flexibility index (Phi) is 6.44. The van der Waals surface area contributed by atoms with E-state index in [0.29, 0.717) is 0 Å². The van der Waals surface area contributed by atoms with Crippen LogP contribution in [0.5, 0.6) is 0 Å². The van der Waals surface area contributed by atoms with Gasteiger partial charge >= 0.3 is 23.0 Å². The van der Waals surface area contributed by atoms with E-state index in [2.05, 4.69) is 17.9 Å². The smallest absolute Gasteiger partial charge is 0.332 e. The number of ether oxygens (including phenoxy) is 1. The van der Waals surface area contributed by atoms with Crippen LogP contribution in [0.3, 0.4) is 0 Å². The molecule has 1 heterocycles. The van der Waals surface area contributed by atoms with Crippen LogP contribution < -0.4 is 17.1 Å². The van der Waals surface area contributed by atoms with Crippen LogP contribution in [0.15, 0.2) is 39.7 Å². The third-order valence-corrected chi connectivity index (χ3v) is 1.29. The predicted octanol–water partition coefficient (Wildman–Crippen LogP) is -2.03. The lowest BCUT2D eigenvalue weighted by molar-refractivity contribution is -0.154. The number of hydrogen-bond donors (Lipinski definition) is 4. The molecule has 1 atom stereocenters. The second kappa shape index (κ2) is 7.57. The number of esters is 1. The first-order valence-electron chi connectivity index (χ1n) is 4.45. The first-order valence-corrected chi connectivity index (χ1v) is 4.45. The lowest BCUT2D eigenvalue weighted by Crippen LogP contribution is -2.34. The van der Waals surface area contributed by atoms with E-state index in [9.17, 15) is 19.2 Å². The number of aromatic amines is 3. The van der Waals surface area contributed by atoms with E-state index in [1.165, 1.54) is 0 Å². The van der Waals surface area contributed by atoms with Crippen molar-refractivity contribution in [1.29, 1.82) is 0 Å². The monoisotopic (exact) mass is 257 g/mol. The Labute approximate surface area is 99.5 Å². The quantitative estimate of drug-likeness (QED) is 0.213. The van der Waals surface area contributed by atoms with Gasteiger partial charge in [-0.25, -0.2) is 19.2 Å². The Morgan fingerprint density at radius 3 is 1.78 bits per heavy atom. The van der Waals surface area contributed by atoms with Crippen LogP contribution in [-0.2, 0) is 9.53 Å². The largest absolute Gasteiger partial charge is 0.429 e. The molecule has 4 N–H and O–H groups in total. The van der Waals surface area contributed by atoms with Crippen LogP contribution in [0.1, 0.15) is 0 Å². The molecule has 0 amide bonds. The molecule has 1 aromatic heterocycles. The summed E-state index contributed by atoms with van der Waals surface area (Å²) >= 11 is 0. The van der Waals surface area contributed by atoms with E-state index in [0.717, 1.165) is 12.2 Å². The van der Waals surface area contributed by atoms with Crippen molar-refractivity contribution in [2.24, 2.45) is 0 Å². The van der Waals surface area contributed by atoms with Gasteiger partial charge in [-0.05, 0) is 6.08 Å². The SMILES string of the molecule is C=CC(=O)OC(O)C=C.O=c1[nH]c(=O)[nH]c(=O)[nH]1. The molecule has 0 saturated heterocycles. The van der Waals surface area contributed by atoms with Crippen LogP contribution in [0.2, 0.25) is 0 Å². The first-order chi connectivity index (χ1) is 8.38. The van der Waals surface area contributed by atoms with E-state index in [1.807, 2.05) is 0 Å². The van der Waals surface area contributed by atoms with Gasteiger partial charge in [-0.1, -0.05) is 13.2 Å². The van der Waals surface area contributed by atoms with Gasteiger partial charge < -0.3 is 9.84 Å². The second-order valence-corrected chi connectivity index (χ2v) is 2.63. The third kappa shape index (κ3) is 6.74. The van der Waals surface area contributed by atoms with Gasteiger partial charge in [-0.2, -0.15) is 0 Å². The van der Waals surface area contributed by atoms with Crippen LogP contribution in [-0.4, -0.2) is 32.3 Å². The number of aliphatic hydroxyl groups excluding tert-OH is 1. The van der Waals surface area contributed by atoms with Gasteiger partial charge in [0.2, 0.25) is 6.29 Å². The highest BCUT2D eigenvalue weighted by Gasteiger charge is 2.00. The third-order valence-electron chi connectivity index (χ3n) is 1.29. The zero-order valence-corrected chi connectivity index (χ0v) is 9.13. The van der Waals surface area contributed by atoms with Crippen LogP contribution in [0.4, 0.5) is 0 Å². The topological polar surface area (TPSA) is 145 Å². The minimum atomic E-state index is -1.23. The van der Waals surface area contributed by atoms with E-state index >= 15 is 0 Å². The van der Waals surface area contributed by atoms with Crippen molar-refractivity contribution in [2.75, 3.05) is 0 Å². The van der Waals surface area contributed by atoms with Gasteiger partial charge in [0, 0.05) is 6.08 Å². The summed E-state index contributed by atoms with van der Waals surface area (Å²) in [5.74, 6) is -0.664. The van der Waals surface area contributed by atoms with Crippen molar-refractivity contribution in [3.8, 4) is 0 Å². The number of H-pyrrole nitrogens is 3. The number of hydrogen-bond acceptors (Lipinski definition) is 6. The maximum atomic E-state index is 10.2. The Bertz CT molecular complexity index is 502. The van der Waals surface area contributed by atoms with Crippen molar-refractivity contribution in [1.82, 2.24) is 15.0 Å². The number of carbonyl (C=O) groups excluding carboxylic acids is 1. The summed E-state index contributed by atoms with van der Waals surface area (Å²) in [5.41, 5.74) is -2.41. The molecule has 0 aliphatic carbocycles. The van der Waals surface area contributed by atoms with E-state index in [-0.39, 0.29) is 0 Å². The molecule has 0 aliphatic rings. The zero-order chi connectivity index (χ0) is 14.1. The number of carbonyl (C=O) groups is 1. The standard InChI is InChI=1S/C6H8O3.C3H3N3O3/c1-3-5(7)9-6(8)4-2;7-1-4-2(8)6-3(9)5-1/h3-5,7H,1-2H2;(H3,4,5,6,7,8,9). The molecule has 0 spiro atoms. The van der Waals surface area contributed by atoms with Gasteiger partial charge in [0.1, 0.15) is 0 Å². The Morgan fingerprint density at radius 1 is 1.11 bits per heavy atom. The second-order valence-electron chi connectivity index (χ2n) is 2.63. The van der Waals surface area contributed by atoms with Crippen molar-refractivity contribution in [3.05, 3.63) is 56.8 Å². The lowest BCUT2D eigenvalue weighted by Gasteiger charge is -2.02. The summed E-state index contributed by atoms with van der Waals surface area (Å²) in [4.78, 5) is 46.1. The van der Waals surface area contributed by atoms with Gasteiger partial charge in [0.25, 0.3) is 0 Å². The molecule has 0 radical (unpaired) electrons. The Hall–Kier alpha value is -2.68. The molecule has 1 rings (SSSR count). The number of aromatic nitrogens is 3. The van der Waals surface area contributed by atoms with Crippen LogP contribution in [0.25, 0.3) is 0 Å². The van der Waals surface area contributed by atoms with Crippen molar-refractivity contribution < 1.29 is 14.6 Å². The molecule has 9 heteroatoms. The van der Waals surface area contributed by atoms with E-state index in [1.54, 1.807) is 15.0 Å². The summed E-state index contributed by atoms with van der Waals surface area (Å²) in [6.07, 6.45) is 0.837. The molecule has 0 bridgehead atoms. The molecule has 0 aliphatic heterocycles. The minimum absolute atomic E-state index is 0.664. The molecular weight excluding hydrogens is 246 g/mol. The fraction of sp³-hybridized carbons (Fsp3) is 0.111.